The molecule has 0 fully saturated rings. The Hall–Kier alpha value is -2.60. The number of fused-ring (bicyclic) bond motifs is 5. The van der Waals surface area contributed by atoms with Crippen LogP contribution in [0.4, 0.5) is 0 Å². The van der Waals surface area contributed by atoms with E-state index in [4.69, 9.17) is 0 Å². The standard InChI is InChI=1S/C21H16/c1-14(2)17-11-12-20-18(13-17)10-9-16-8-7-15-5-3-4-6-19(15)21(16)20/h3-13H,1H2,2H3. The fourth-order valence-electron chi connectivity index (χ4n) is 3.10. The van der Waals surface area contributed by atoms with E-state index in [1.807, 2.05) is 0 Å². The van der Waals surface area contributed by atoms with E-state index in [1.165, 1.54) is 37.9 Å². The maximum atomic E-state index is 4.04. The largest absolute Gasteiger partial charge is 0.0955 e. The van der Waals surface area contributed by atoms with Crippen LogP contribution in [0.5, 0.6) is 0 Å². The Balaban J connectivity index is 2.21. The highest BCUT2D eigenvalue weighted by Crippen LogP contribution is 2.33. The molecule has 0 saturated heterocycles. The van der Waals surface area contributed by atoms with E-state index in [1.54, 1.807) is 0 Å². The molecule has 0 aliphatic carbocycles. The van der Waals surface area contributed by atoms with Gasteiger partial charge in [-0.3, -0.25) is 0 Å². The molecule has 21 heavy (non-hydrogen) atoms. The molecule has 0 heterocycles. The Morgan fingerprint density at radius 1 is 0.714 bits per heavy atom. The van der Waals surface area contributed by atoms with Gasteiger partial charge >= 0.3 is 0 Å². The second-order valence-electron chi connectivity index (χ2n) is 5.67. The van der Waals surface area contributed by atoms with Gasteiger partial charge in [0.25, 0.3) is 0 Å². The predicted octanol–water partition coefficient (Wildman–Crippen LogP) is 6.18. The average molecular weight is 268 g/mol. The van der Waals surface area contributed by atoms with E-state index in [2.05, 4.69) is 80.2 Å². The zero-order valence-electron chi connectivity index (χ0n) is 12.1. The Kier molecular flexibility index (Phi) is 2.58. The minimum absolute atomic E-state index is 1.11. The van der Waals surface area contributed by atoms with Gasteiger partial charge in [0.15, 0.2) is 0 Å². The predicted molar refractivity (Wildman–Crippen MR) is 93.7 cm³/mol. The first-order chi connectivity index (χ1) is 10.2. The number of allylic oxidation sites excluding steroid dienone is 1. The molecule has 0 saturated carbocycles. The summed E-state index contributed by atoms with van der Waals surface area (Å²) in [5.41, 5.74) is 2.32. The molecule has 100 valence electrons. The fraction of sp³-hybridized carbons (Fsp3) is 0.0476. The molecule has 0 aliphatic rings. The van der Waals surface area contributed by atoms with Crippen LogP contribution in [0.15, 0.2) is 73.3 Å². The monoisotopic (exact) mass is 268 g/mol. The number of benzene rings is 4. The maximum absolute atomic E-state index is 4.04. The molecule has 0 radical (unpaired) electrons. The topological polar surface area (TPSA) is 0 Å². The van der Waals surface area contributed by atoms with Crippen LogP contribution >= 0.6 is 0 Å². The summed E-state index contributed by atoms with van der Waals surface area (Å²) in [6.07, 6.45) is 0. The molecule has 0 nitrogen and oxygen atoms in total. The molecule has 0 aromatic heterocycles. The molecule has 4 rings (SSSR count). The van der Waals surface area contributed by atoms with Crippen LogP contribution in [0.25, 0.3) is 37.9 Å². The first kappa shape index (κ1) is 12.2. The summed E-state index contributed by atoms with van der Waals surface area (Å²) in [7, 11) is 0. The van der Waals surface area contributed by atoms with Gasteiger partial charge < -0.3 is 0 Å². The van der Waals surface area contributed by atoms with Gasteiger partial charge in [-0.05, 0) is 50.9 Å². The van der Waals surface area contributed by atoms with Crippen molar-refractivity contribution < 1.29 is 0 Å². The van der Waals surface area contributed by atoms with E-state index >= 15 is 0 Å². The van der Waals surface area contributed by atoms with Crippen LogP contribution in [-0.2, 0) is 0 Å². The highest BCUT2D eigenvalue weighted by molar-refractivity contribution is 6.20. The molecule has 0 heteroatoms. The van der Waals surface area contributed by atoms with Gasteiger partial charge in [0.2, 0.25) is 0 Å². The lowest BCUT2D eigenvalue weighted by molar-refractivity contribution is 1.63. The molecule has 4 aromatic carbocycles. The Morgan fingerprint density at radius 2 is 1.38 bits per heavy atom. The molecular weight excluding hydrogens is 252 g/mol. The van der Waals surface area contributed by atoms with E-state index in [9.17, 15) is 0 Å². The van der Waals surface area contributed by atoms with Crippen molar-refractivity contribution in [2.45, 2.75) is 6.92 Å². The quantitative estimate of drug-likeness (QED) is 0.362. The van der Waals surface area contributed by atoms with Crippen molar-refractivity contribution in [2.75, 3.05) is 0 Å². The molecule has 0 aliphatic heterocycles. The third kappa shape index (κ3) is 1.84. The SMILES string of the molecule is C=C(C)c1ccc2c(ccc3ccc4ccccc4c32)c1. The zero-order chi connectivity index (χ0) is 14.4. The summed E-state index contributed by atoms with van der Waals surface area (Å²) >= 11 is 0. The minimum atomic E-state index is 1.11. The molecular formula is C21H16. The lowest BCUT2D eigenvalue weighted by atomic mass is 9.95. The third-order valence-corrected chi connectivity index (χ3v) is 4.22. The molecule has 0 atom stereocenters. The molecule has 0 bridgehead atoms. The van der Waals surface area contributed by atoms with Gasteiger partial charge in [0, 0.05) is 0 Å². The lowest BCUT2D eigenvalue weighted by Gasteiger charge is -2.09. The van der Waals surface area contributed by atoms with Crippen LogP contribution in [0.3, 0.4) is 0 Å². The highest BCUT2D eigenvalue weighted by Gasteiger charge is 2.05. The molecule has 0 unspecified atom stereocenters. The minimum Gasteiger partial charge on any atom is -0.0955 e. The fourth-order valence-corrected chi connectivity index (χ4v) is 3.10. The summed E-state index contributed by atoms with van der Waals surface area (Å²) in [6.45, 7) is 6.10. The Bertz CT molecular complexity index is 1010. The summed E-state index contributed by atoms with van der Waals surface area (Å²) < 4.78 is 0. The summed E-state index contributed by atoms with van der Waals surface area (Å²) in [4.78, 5) is 0. The molecule has 0 spiro atoms. The normalized spacial score (nSPS) is 11.3. The van der Waals surface area contributed by atoms with Gasteiger partial charge in [-0.1, -0.05) is 72.8 Å². The molecule has 0 N–H and O–H groups in total. The van der Waals surface area contributed by atoms with Crippen LogP contribution in [-0.4, -0.2) is 0 Å². The number of hydrogen-bond acceptors (Lipinski definition) is 0. The first-order valence-corrected chi connectivity index (χ1v) is 7.24. The van der Waals surface area contributed by atoms with Crippen molar-refractivity contribution in [3.8, 4) is 0 Å². The van der Waals surface area contributed by atoms with E-state index in [-0.39, 0.29) is 0 Å². The van der Waals surface area contributed by atoms with Crippen molar-refractivity contribution in [2.24, 2.45) is 0 Å². The van der Waals surface area contributed by atoms with Gasteiger partial charge in [-0.25, -0.2) is 0 Å². The Labute approximate surface area is 124 Å². The van der Waals surface area contributed by atoms with E-state index in [0.717, 1.165) is 5.57 Å². The van der Waals surface area contributed by atoms with Gasteiger partial charge in [-0.2, -0.15) is 0 Å². The summed E-state index contributed by atoms with van der Waals surface area (Å²) in [6, 6.07) is 24.1. The molecule has 0 amide bonds. The van der Waals surface area contributed by atoms with Crippen molar-refractivity contribution in [3.63, 3.8) is 0 Å². The highest BCUT2D eigenvalue weighted by atomic mass is 14.1. The maximum Gasteiger partial charge on any atom is -0.00268 e. The first-order valence-electron chi connectivity index (χ1n) is 7.24. The second-order valence-corrected chi connectivity index (χ2v) is 5.67. The Morgan fingerprint density at radius 3 is 2.19 bits per heavy atom. The third-order valence-electron chi connectivity index (χ3n) is 4.22. The second kappa shape index (κ2) is 4.46. The van der Waals surface area contributed by atoms with Crippen LogP contribution in [0.2, 0.25) is 0 Å². The van der Waals surface area contributed by atoms with Crippen molar-refractivity contribution >= 4 is 37.9 Å². The lowest BCUT2D eigenvalue weighted by Crippen LogP contribution is -1.83. The molecule has 4 aromatic rings. The number of hydrogen-bond donors (Lipinski definition) is 0. The number of rotatable bonds is 1. The van der Waals surface area contributed by atoms with Gasteiger partial charge in [0.1, 0.15) is 0 Å². The summed E-state index contributed by atoms with van der Waals surface area (Å²) in [5, 5.41) is 7.85. The van der Waals surface area contributed by atoms with Crippen molar-refractivity contribution in [1.29, 1.82) is 0 Å². The van der Waals surface area contributed by atoms with E-state index < -0.39 is 0 Å². The van der Waals surface area contributed by atoms with Crippen molar-refractivity contribution in [1.82, 2.24) is 0 Å². The zero-order valence-corrected chi connectivity index (χ0v) is 12.1. The average Bonchev–Trinajstić information content (AvgIpc) is 2.53. The van der Waals surface area contributed by atoms with E-state index in [0.29, 0.717) is 0 Å². The van der Waals surface area contributed by atoms with Gasteiger partial charge in [-0.15, -0.1) is 0 Å². The van der Waals surface area contributed by atoms with Crippen molar-refractivity contribution in [3.05, 3.63) is 78.9 Å². The van der Waals surface area contributed by atoms with Crippen LogP contribution < -0.4 is 0 Å². The van der Waals surface area contributed by atoms with Crippen LogP contribution in [0.1, 0.15) is 12.5 Å². The summed E-state index contributed by atoms with van der Waals surface area (Å²) in [5.74, 6) is 0. The van der Waals surface area contributed by atoms with Crippen LogP contribution in [0, 0.1) is 0 Å². The van der Waals surface area contributed by atoms with Gasteiger partial charge in [0.05, 0.1) is 0 Å². The smallest absolute Gasteiger partial charge is 0.00268 e.